The molecule has 32 heavy (non-hydrogen) atoms. The van der Waals surface area contributed by atoms with Gasteiger partial charge in [0.05, 0.1) is 11.3 Å². The molecule has 2 aliphatic rings. The van der Waals surface area contributed by atoms with Crippen LogP contribution in [0.5, 0.6) is 0 Å². The zero-order valence-electron chi connectivity index (χ0n) is 17.6. The van der Waals surface area contributed by atoms with Gasteiger partial charge >= 0.3 is 6.01 Å². The number of nitrogens with one attached hydrogen (secondary N) is 1. The molecule has 0 aliphatic carbocycles. The number of carbonyl (C=O) groups is 2. The molecule has 2 aliphatic heterocycles. The van der Waals surface area contributed by atoms with Gasteiger partial charge in [-0.3, -0.25) is 14.9 Å². The number of carbonyl (C=O) groups excluding carboxylic acids is 2. The quantitative estimate of drug-likeness (QED) is 0.665. The Balaban J connectivity index is 1.32. The number of hydrogen-bond acceptors (Lipinski definition) is 6. The zero-order chi connectivity index (χ0) is 22.0. The minimum atomic E-state index is -0.707. The van der Waals surface area contributed by atoms with Crippen molar-refractivity contribution >= 4 is 23.5 Å². The van der Waals surface area contributed by atoms with Crippen molar-refractivity contribution in [1.29, 1.82) is 0 Å². The summed E-state index contributed by atoms with van der Waals surface area (Å²) in [5.41, 5.74) is 1.08. The summed E-state index contributed by atoms with van der Waals surface area (Å²) in [5, 5.41) is 11.0. The van der Waals surface area contributed by atoms with E-state index >= 15 is 0 Å². The van der Waals surface area contributed by atoms with Crippen molar-refractivity contribution in [3.8, 4) is 0 Å². The first kappa shape index (κ1) is 20.4. The lowest BCUT2D eigenvalue weighted by Gasteiger charge is -2.35. The summed E-state index contributed by atoms with van der Waals surface area (Å²) in [5.74, 6) is -0.0364. The molecule has 3 heterocycles. The van der Waals surface area contributed by atoms with Gasteiger partial charge in [-0.1, -0.05) is 53.6 Å². The van der Waals surface area contributed by atoms with Crippen LogP contribution in [0.1, 0.15) is 36.6 Å². The fraction of sp³-hybridized carbons (Fsp3) is 0.333. The molecule has 2 aromatic carbocycles. The normalized spacial score (nSPS) is 20.3. The van der Waals surface area contributed by atoms with Crippen LogP contribution in [-0.4, -0.2) is 41.8 Å². The molecular formula is C24H24N4O4. The predicted octanol–water partition coefficient (Wildman–Crippen LogP) is 3.28. The van der Waals surface area contributed by atoms with E-state index in [1.165, 1.54) is 0 Å². The first-order chi connectivity index (χ1) is 15.7. The number of benzene rings is 2. The number of anilines is 2. The first-order valence-corrected chi connectivity index (χ1v) is 10.8. The minimum Gasteiger partial charge on any atom is -0.407 e. The molecule has 1 unspecified atom stereocenters. The van der Waals surface area contributed by atoms with E-state index < -0.39 is 5.41 Å². The van der Waals surface area contributed by atoms with Crippen molar-refractivity contribution < 1.29 is 18.7 Å². The van der Waals surface area contributed by atoms with Gasteiger partial charge in [0.25, 0.3) is 0 Å². The molecule has 5 rings (SSSR count). The monoisotopic (exact) mass is 432 g/mol. The summed E-state index contributed by atoms with van der Waals surface area (Å²) < 4.78 is 11.3. The van der Waals surface area contributed by atoms with E-state index in [0.717, 1.165) is 11.3 Å². The second kappa shape index (κ2) is 8.55. The fourth-order valence-electron chi connectivity index (χ4n) is 4.52. The highest BCUT2D eigenvalue weighted by Crippen LogP contribution is 2.36. The van der Waals surface area contributed by atoms with Gasteiger partial charge in [-0.15, -0.1) is 5.10 Å². The van der Waals surface area contributed by atoms with Crippen LogP contribution in [0.2, 0.25) is 0 Å². The molecule has 0 saturated carbocycles. The molecule has 0 radical (unpaired) electrons. The largest absolute Gasteiger partial charge is 0.407 e. The number of para-hydroxylation sites is 1. The molecule has 8 nitrogen and oxygen atoms in total. The third-order valence-corrected chi connectivity index (χ3v) is 6.31. The number of rotatable bonds is 5. The van der Waals surface area contributed by atoms with Crippen LogP contribution in [0, 0.1) is 0 Å². The van der Waals surface area contributed by atoms with E-state index in [2.05, 4.69) is 15.5 Å². The number of aromatic nitrogens is 2. The van der Waals surface area contributed by atoms with Gasteiger partial charge in [0.15, 0.2) is 0 Å². The highest BCUT2D eigenvalue weighted by atomic mass is 16.5. The topological polar surface area (TPSA) is 97.6 Å². The Labute approximate surface area is 185 Å². The smallest absolute Gasteiger partial charge is 0.322 e. The molecule has 3 aromatic rings. The summed E-state index contributed by atoms with van der Waals surface area (Å²) >= 11 is 0. The zero-order valence-corrected chi connectivity index (χ0v) is 17.6. The molecule has 2 fully saturated rings. The number of ether oxygens (including phenoxy) is 1. The van der Waals surface area contributed by atoms with Crippen molar-refractivity contribution in [2.75, 3.05) is 30.0 Å². The van der Waals surface area contributed by atoms with Crippen LogP contribution < -0.4 is 10.2 Å². The molecule has 0 bridgehead atoms. The summed E-state index contributed by atoms with van der Waals surface area (Å²) in [4.78, 5) is 27.6. The number of hydrogen-bond donors (Lipinski definition) is 1. The van der Waals surface area contributed by atoms with Crippen molar-refractivity contribution in [2.45, 2.75) is 30.6 Å². The number of nitrogens with zero attached hydrogens (tertiary/aromatic N) is 3. The Hall–Kier alpha value is -3.52. The highest BCUT2D eigenvalue weighted by Gasteiger charge is 2.42. The molecule has 1 N–H and O–H groups in total. The Morgan fingerprint density at radius 1 is 1.00 bits per heavy atom. The molecule has 1 aromatic heterocycles. The molecule has 2 saturated heterocycles. The molecule has 164 valence electrons. The van der Waals surface area contributed by atoms with Gasteiger partial charge in [-0.05, 0) is 30.5 Å². The standard InChI is InChI=1S/C24H24N4O4/c29-20-15-17(16-28(20)19-9-5-2-6-10-19)21-26-27-23(32-21)25-22(30)24(11-13-31-14-12-24)18-7-3-1-4-8-18/h1-10,17H,11-16H2,(H,25,27,30). The van der Waals surface area contributed by atoms with E-state index in [1.54, 1.807) is 4.90 Å². The average Bonchev–Trinajstić information content (AvgIpc) is 3.47. The Kier molecular flexibility index (Phi) is 5.45. The SMILES string of the molecule is O=C1CC(c2nnc(NC(=O)C3(c4ccccc4)CCOCC3)o2)CN1c1ccccc1. The molecule has 2 amide bonds. The number of amides is 2. The van der Waals surface area contributed by atoms with Crippen molar-refractivity contribution in [1.82, 2.24) is 10.2 Å². The second-order valence-electron chi connectivity index (χ2n) is 8.20. The van der Waals surface area contributed by atoms with Crippen LogP contribution in [0.15, 0.2) is 65.1 Å². The lowest BCUT2D eigenvalue weighted by Crippen LogP contribution is -2.44. The van der Waals surface area contributed by atoms with Crippen LogP contribution >= 0.6 is 0 Å². The van der Waals surface area contributed by atoms with Crippen LogP contribution in [0.3, 0.4) is 0 Å². The van der Waals surface area contributed by atoms with E-state index in [9.17, 15) is 9.59 Å². The Morgan fingerprint density at radius 2 is 1.69 bits per heavy atom. The van der Waals surface area contributed by atoms with Gasteiger partial charge in [-0.2, -0.15) is 0 Å². The predicted molar refractivity (Wildman–Crippen MR) is 117 cm³/mol. The Morgan fingerprint density at radius 3 is 2.41 bits per heavy atom. The van der Waals surface area contributed by atoms with Gasteiger partial charge in [0, 0.05) is 31.9 Å². The third-order valence-electron chi connectivity index (χ3n) is 6.31. The van der Waals surface area contributed by atoms with Crippen LogP contribution in [0.25, 0.3) is 0 Å². The maximum Gasteiger partial charge on any atom is 0.322 e. The second-order valence-corrected chi connectivity index (χ2v) is 8.20. The van der Waals surface area contributed by atoms with Gasteiger partial charge < -0.3 is 14.1 Å². The van der Waals surface area contributed by atoms with E-state index in [1.807, 2.05) is 60.7 Å². The third kappa shape index (κ3) is 3.78. The molecule has 8 heteroatoms. The van der Waals surface area contributed by atoms with Gasteiger partial charge in [0.1, 0.15) is 0 Å². The van der Waals surface area contributed by atoms with Crippen LogP contribution in [0.4, 0.5) is 11.7 Å². The lowest BCUT2D eigenvalue weighted by atomic mass is 9.73. The van der Waals surface area contributed by atoms with Crippen molar-refractivity contribution in [3.05, 3.63) is 72.1 Å². The highest BCUT2D eigenvalue weighted by molar-refractivity contribution is 5.98. The summed E-state index contributed by atoms with van der Waals surface area (Å²) in [7, 11) is 0. The lowest BCUT2D eigenvalue weighted by molar-refractivity contribution is -0.125. The van der Waals surface area contributed by atoms with Crippen molar-refractivity contribution in [3.63, 3.8) is 0 Å². The maximum absolute atomic E-state index is 13.4. The Bertz CT molecular complexity index is 1090. The summed E-state index contributed by atoms with van der Waals surface area (Å²) in [6.45, 7) is 1.48. The first-order valence-electron chi connectivity index (χ1n) is 10.8. The fourth-order valence-corrected chi connectivity index (χ4v) is 4.52. The molecular weight excluding hydrogens is 408 g/mol. The van der Waals surface area contributed by atoms with E-state index in [4.69, 9.17) is 9.15 Å². The van der Waals surface area contributed by atoms with Crippen LogP contribution in [-0.2, 0) is 19.7 Å². The molecule has 0 spiro atoms. The summed E-state index contributed by atoms with van der Waals surface area (Å²) in [6, 6.07) is 19.3. The maximum atomic E-state index is 13.4. The molecule has 1 atom stereocenters. The van der Waals surface area contributed by atoms with Gasteiger partial charge in [-0.25, -0.2) is 0 Å². The summed E-state index contributed by atoms with van der Waals surface area (Å²) in [6.07, 6.45) is 1.44. The van der Waals surface area contributed by atoms with Crippen molar-refractivity contribution in [2.24, 2.45) is 0 Å². The average molecular weight is 432 g/mol. The van der Waals surface area contributed by atoms with Gasteiger partial charge in [0.2, 0.25) is 17.7 Å². The van der Waals surface area contributed by atoms with E-state index in [-0.39, 0.29) is 30.2 Å². The minimum absolute atomic E-state index is 0.00946. The van der Waals surface area contributed by atoms with E-state index in [0.29, 0.717) is 38.5 Å².